The normalized spacial score (nSPS) is 10.3. The van der Waals surface area contributed by atoms with Crippen LogP contribution >= 0.6 is 22.6 Å². The average molecular weight is 359 g/mol. The fourth-order valence-corrected chi connectivity index (χ4v) is 2.09. The first kappa shape index (κ1) is 12.7. The highest BCUT2D eigenvalue weighted by Crippen LogP contribution is 2.23. The first-order valence-corrected chi connectivity index (χ1v) is 6.16. The van der Waals surface area contributed by atoms with Crippen molar-refractivity contribution in [2.45, 2.75) is 6.54 Å². The van der Waals surface area contributed by atoms with Crippen molar-refractivity contribution < 1.29 is 4.92 Å². The van der Waals surface area contributed by atoms with E-state index in [1.165, 1.54) is 12.1 Å². The second-order valence-electron chi connectivity index (χ2n) is 3.63. The zero-order valence-electron chi connectivity index (χ0n) is 9.50. The van der Waals surface area contributed by atoms with Crippen LogP contribution < -0.4 is 5.32 Å². The predicted molar refractivity (Wildman–Crippen MR) is 74.1 cm³/mol. The lowest BCUT2D eigenvalue weighted by molar-refractivity contribution is -0.384. The molecule has 1 heterocycles. The van der Waals surface area contributed by atoms with Gasteiger partial charge in [-0.05, 0) is 28.7 Å². The van der Waals surface area contributed by atoms with Crippen LogP contribution in [-0.2, 0) is 13.6 Å². The van der Waals surface area contributed by atoms with E-state index in [2.05, 4.69) is 38.1 Å². The van der Waals surface area contributed by atoms with Crippen LogP contribution in [0.3, 0.4) is 0 Å². The third kappa shape index (κ3) is 2.75. The van der Waals surface area contributed by atoms with E-state index in [9.17, 15) is 10.1 Å². The maximum atomic E-state index is 10.6. The van der Waals surface area contributed by atoms with Crippen LogP contribution in [0.1, 0.15) is 5.82 Å². The van der Waals surface area contributed by atoms with E-state index in [0.717, 1.165) is 15.1 Å². The molecular weight excluding hydrogens is 349 g/mol. The Kier molecular flexibility index (Phi) is 3.75. The quantitative estimate of drug-likeness (QED) is 0.512. The zero-order chi connectivity index (χ0) is 13.1. The van der Waals surface area contributed by atoms with Gasteiger partial charge in [0, 0.05) is 28.4 Å². The Bertz CT molecular complexity index is 583. The number of aryl methyl sites for hydroxylation is 1. The molecule has 0 saturated heterocycles. The van der Waals surface area contributed by atoms with E-state index in [1.807, 2.05) is 11.6 Å². The molecule has 8 heteroatoms. The van der Waals surface area contributed by atoms with Gasteiger partial charge in [-0.3, -0.25) is 10.1 Å². The van der Waals surface area contributed by atoms with Gasteiger partial charge in [0.2, 0.25) is 0 Å². The molecule has 1 aromatic heterocycles. The van der Waals surface area contributed by atoms with Crippen LogP contribution in [-0.4, -0.2) is 19.7 Å². The molecule has 94 valence electrons. The van der Waals surface area contributed by atoms with Gasteiger partial charge in [0.05, 0.1) is 11.5 Å². The molecule has 0 aliphatic heterocycles. The van der Waals surface area contributed by atoms with Crippen molar-refractivity contribution >= 4 is 34.0 Å². The number of hydrogen-bond donors (Lipinski definition) is 1. The summed E-state index contributed by atoms with van der Waals surface area (Å²) in [6.45, 7) is 0.518. The topological polar surface area (TPSA) is 85.9 Å². The van der Waals surface area contributed by atoms with Crippen molar-refractivity contribution in [2.24, 2.45) is 7.05 Å². The number of halogens is 1. The Balaban J connectivity index is 2.11. The van der Waals surface area contributed by atoms with Gasteiger partial charge in [-0.15, -0.1) is 10.2 Å². The maximum Gasteiger partial charge on any atom is 0.270 e. The first-order valence-electron chi connectivity index (χ1n) is 5.08. The van der Waals surface area contributed by atoms with Gasteiger partial charge in [0.15, 0.2) is 5.82 Å². The minimum Gasteiger partial charge on any atom is -0.377 e. The molecule has 0 bridgehead atoms. The Morgan fingerprint density at radius 2 is 2.33 bits per heavy atom. The Labute approximate surface area is 117 Å². The largest absolute Gasteiger partial charge is 0.377 e. The molecule has 2 aromatic rings. The number of anilines is 1. The standard InChI is InChI=1S/C10H10IN5O2/c1-15-6-13-14-10(15)5-12-9-3-2-7(16(17)18)4-8(9)11/h2-4,6,12H,5H2,1H3. The molecule has 0 amide bonds. The minimum atomic E-state index is -0.408. The van der Waals surface area contributed by atoms with Crippen molar-refractivity contribution in [3.63, 3.8) is 0 Å². The molecule has 0 atom stereocenters. The summed E-state index contributed by atoms with van der Waals surface area (Å²) in [5.74, 6) is 0.796. The SMILES string of the molecule is Cn1cnnc1CNc1ccc([N+](=O)[O-])cc1I. The van der Waals surface area contributed by atoms with E-state index < -0.39 is 4.92 Å². The number of hydrogen-bond acceptors (Lipinski definition) is 5. The van der Waals surface area contributed by atoms with E-state index >= 15 is 0 Å². The molecule has 0 saturated carbocycles. The number of benzene rings is 1. The molecule has 1 aromatic carbocycles. The lowest BCUT2D eigenvalue weighted by Gasteiger charge is -2.07. The van der Waals surface area contributed by atoms with Crippen LogP contribution in [0.5, 0.6) is 0 Å². The van der Waals surface area contributed by atoms with Gasteiger partial charge < -0.3 is 9.88 Å². The summed E-state index contributed by atoms with van der Waals surface area (Å²) in [4.78, 5) is 10.2. The van der Waals surface area contributed by atoms with Crippen molar-refractivity contribution in [2.75, 3.05) is 5.32 Å². The highest BCUT2D eigenvalue weighted by molar-refractivity contribution is 14.1. The summed E-state index contributed by atoms with van der Waals surface area (Å²) in [6.07, 6.45) is 1.62. The van der Waals surface area contributed by atoms with Gasteiger partial charge in [-0.25, -0.2) is 0 Å². The van der Waals surface area contributed by atoms with Crippen molar-refractivity contribution in [1.82, 2.24) is 14.8 Å². The van der Waals surface area contributed by atoms with Crippen molar-refractivity contribution in [3.05, 3.63) is 44.0 Å². The molecule has 0 aliphatic rings. The van der Waals surface area contributed by atoms with Crippen LogP contribution in [0, 0.1) is 13.7 Å². The summed E-state index contributed by atoms with van der Waals surface area (Å²) in [5.41, 5.74) is 0.924. The summed E-state index contributed by atoms with van der Waals surface area (Å²) in [5, 5.41) is 21.5. The number of aromatic nitrogens is 3. The number of nitrogens with zero attached hydrogens (tertiary/aromatic N) is 4. The molecule has 1 N–H and O–H groups in total. The van der Waals surface area contributed by atoms with E-state index in [-0.39, 0.29) is 5.69 Å². The third-order valence-corrected chi connectivity index (χ3v) is 3.30. The van der Waals surface area contributed by atoms with E-state index in [0.29, 0.717) is 6.54 Å². The summed E-state index contributed by atoms with van der Waals surface area (Å²) in [6, 6.07) is 4.69. The third-order valence-electron chi connectivity index (χ3n) is 2.41. The van der Waals surface area contributed by atoms with E-state index in [1.54, 1.807) is 12.4 Å². The summed E-state index contributed by atoms with van der Waals surface area (Å²) < 4.78 is 2.61. The molecular formula is C10H10IN5O2. The summed E-state index contributed by atoms with van der Waals surface area (Å²) in [7, 11) is 1.86. The molecule has 0 fully saturated rings. The zero-order valence-corrected chi connectivity index (χ0v) is 11.7. The predicted octanol–water partition coefficient (Wildman–Crippen LogP) is 1.94. The number of nitro benzene ring substituents is 1. The Hall–Kier alpha value is -1.71. The smallest absolute Gasteiger partial charge is 0.270 e. The molecule has 0 aliphatic carbocycles. The number of non-ortho nitro benzene ring substituents is 1. The van der Waals surface area contributed by atoms with Crippen LogP contribution in [0.25, 0.3) is 0 Å². The van der Waals surface area contributed by atoms with Gasteiger partial charge in [-0.2, -0.15) is 0 Å². The van der Waals surface area contributed by atoms with Crippen molar-refractivity contribution in [1.29, 1.82) is 0 Å². The van der Waals surface area contributed by atoms with Crippen LogP contribution in [0.4, 0.5) is 11.4 Å². The maximum absolute atomic E-state index is 10.6. The number of nitrogens with one attached hydrogen (secondary N) is 1. The van der Waals surface area contributed by atoms with Gasteiger partial charge >= 0.3 is 0 Å². The highest BCUT2D eigenvalue weighted by atomic mass is 127. The van der Waals surface area contributed by atoms with Gasteiger partial charge in [-0.1, -0.05) is 0 Å². The Morgan fingerprint density at radius 1 is 1.56 bits per heavy atom. The van der Waals surface area contributed by atoms with Crippen molar-refractivity contribution in [3.8, 4) is 0 Å². The average Bonchev–Trinajstić information content (AvgIpc) is 2.73. The molecule has 18 heavy (non-hydrogen) atoms. The molecule has 0 radical (unpaired) electrons. The lowest BCUT2D eigenvalue weighted by Crippen LogP contribution is -2.06. The first-order chi connectivity index (χ1) is 8.58. The fourth-order valence-electron chi connectivity index (χ4n) is 1.40. The Morgan fingerprint density at radius 3 is 2.89 bits per heavy atom. The van der Waals surface area contributed by atoms with Gasteiger partial charge in [0.1, 0.15) is 6.33 Å². The molecule has 2 rings (SSSR count). The summed E-state index contributed by atoms with van der Waals surface area (Å²) >= 11 is 2.06. The van der Waals surface area contributed by atoms with Crippen LogP contribution in [0.2, 0.25) is 0 Å². The monoisotopic (exact) mass is 359 g/mol. The second-order valence-corrected chi connectivity index (χ2v) is 4.80. The lowest BCUT2D eigenvalue weighted by atomic mass is 10.3. The van der Waals surface area contributed by atoms with Crippen LogP contribution in [0.15, 0.2) is 24.5 Å². The highest BCUT2D eigenvalue weighted by Gasteiger charge is 2.09. The minimum absolute atomic E-state index is 0.0867. The number of rotatable bonds is 4. The molecule has 0 unspecified atom stereocenters. The van der Waals surface area contributed by atoms with Gasteiger partial charge in [0.25, 0.3) is 5.69 Å². The molecule has 7 nitrogen and oxygen atoms in total. The number of nitro groups is 1. The second kappa shape index (κ2) is 5.29. The molecule has 0 spiro atoms. The van der Waals surface area contributed by atoms with E-state index in [4.69, 9.17) is 0 Å². The fraction of sp³-hybridized carbons (Fsp3) is 0.200.